The van der Waals surface area contributed by atoms with Crippen LogP contribution >= 0.6 is 22.6 Å². The molecule has 0 saturated carbocycles. The Kier molecular flexibility index (Phi) is 4.86. The zero-order valence-electron chi connectivity index (χ0n) is 10.1. The van der Waals surface area contributed by atoms with Crippen LogP contribution in [0.2, 0.25) is 0 Å². The Morgan fingerprint density at radius 2 is 2.35 bits per heavy atom. The molecule has 1 aromatic carbocycles. The van der Waals surface area contributed by atoms with Crippen LogP contribution in [0.1, 0.15) is 31.4 Å². The van der Waals surface area contributed by atoms with Crippen molar-refractivity contribution in [2.75, 3.05) is 13.2 Å². The molecule has 2 rings (SSSR count). The molecule has 1 heterocycles. The normalized spacial score (nSPS) is 16.5. The van der Waals surface area contributed by atoms with E-state index in [-0.39, 0.29) is 6.04 Å². The minimum Gasteiger partial charge on any atom is -0.496 e. The van der Waals surface area contributed by atoms with E-state index in [0.717, 1.165) is 31.8 Å². The minimum absolute atomic E-state index is 0.215. The summed E-state index contributed by atoms with van der Waals surface area (Å²) < 4.78 is 6.97. The van der Waals surface area contributed by atoms with Crippen LogP contribution in [0, 0.1) is 3.57 Å². The summed E-state index contributed by atoms with van der Waals surface area (Å²) in [5, 5.41) is 3.56. The first-order chi connectivity index (χ1) is 8.31. The van der Waals surface area contributed by atoms with Crippen LogP contribution in [0.4, 0.5) is 0 Å². The monoisotopic (exact) mass is 343 g/mol. The van der Waals surface area contributed by atoms with Crippen LogP contribution in [-0.2, 0) is 4.74 Å². The van der Waals surface area contributed by atoms with Crippen molar-refractivity contribution in [1.82, 2.24) is 5.32 Å². The molecule has 0 saturated heterocycles. The van der Waals surface area contributed by atoms with Gasteiger partial charge in [-0.15, -0.1) is 0 Å². The Morgan fingerprint density at radius 3 is 3.00 bits per heavy atom. The molecule has 0 radical (unpaired) electrons. The van der Waals surface area contributed by atoms with E-state index >= 15 is 0 Å². The van der Waals surface area contributed by atoms with Gasteiger partial charge in [0.1, 0.15) is 5.76 Å². The molecular formula is C14H18INO. The molecule has 1 aliphatic heterocycles. The van der Waals surface area contributed by atoms with Gasteiger partial charge in [0.05, 0.1) is 12.6 Å². The first-order valence-corrected chi connectivity index (χ1v) is 7.21. The standard InChI is InChI=1S/C14H18INO/c1-2-8-16-14(13-7-4-9-17-13)11-5-3-6-12(15)10-11/h3,5-7,10,14,16H,2,4,8-9H2,1H3. The summed E-state index contributed by atoms with van der Waals surface area (Å²) in [7, 11) is 0. The third-order valence-electron chi connectivity index (χ3n) is 2.80. The van der Waals surface area contributed by atoms with Gasteiger partial charge in [0, 0.05) is 9.99 Å². The third kappa shape index (κ3) is 3.45. The predicted octanol–water partition coefficient (Wildman–Crippen LogP) is 3.64. The molecule has 1 aliphatic rings. The Morgan fingerprint density at radius 1 is 1.47 bits per heavy atom. The van der Waals surface area contributed by atoms with Gasteiger partial charge in [-0.1, -0.05) is 19.1 Å². The Labute approximate surface area is 117 Å². The van der Waals surface area contributed by atoms with E-state index in [0.29, 0.717) is 0 Å². The molecule has 0 aromatic heterocycles. The topological polar surface area (TPSA) is 21.3 Å². The highest BCUT2D eigenvalue weighted by molar-refractivity contribution is 14.1. The summed E-state index contributed by atoms with van der Waals surface area (Å²) in [6.45, 7) is 4.02. The quantitative estimate of drug-likeness (QED) is 0.825. The van der Waals surface area contributed by atoms with E-state index in [1.165, 1.54) is 9.13 Å². The van der Waals surface area contributed by atoms with Crippen molar-refractivity contribution in [2.45, 2.75) is 25.8 Å². The van der Waals surface area contributed by atoms with Crippen LogP contribution < -0.4 is 5.32 Å². The number of hydrogen-bond acceptors (Lipinski definition) is 2. The van der Waals surface area contributed by atoms with Crippen molar-refractivity contribution in [3.8, 4) is 0 Å². The van der Waals surface area contributed by atoms with Gasteiger partial charge in [0.15, 0.2) is 0 Å². The van der Waals surface area contributed by atoms with Crippen molar-refractivity contribution < 1.29 is 4.74 Å². The summed E-state index contributed by atoms with van der Waals surface area (Å²) in [5.74, 6) is 1.08. The summed E-state index contributed by atoms with van der Waals surface area (Å²) in [5.41, 5.74) is 1.29. The molecule has 0 aliphatic carbocycles. The lowest BCUT2D eigenvalue weighted by atomic mass is 10.0. The lowest BCUT2D eigenvalue weighted by Crippen LogP contribution is -2.24. The van der Waals surface area contributed by atoms with Crippen LogP contribution in [-0.4, -0.2) is 13.2 Å². The second-order valence-corrected chi connectivity index (χ2v) is 5.43. The molecule has 0 fully saturated rings. The van der Waals surface area contributed by atoms with E-state index in [1.807, 2.05) is 0 Å². The maximum absolute atomic E-state index is 5.70. The van der Waals surface area contributed by atoms with Crippen molar-refractivity contribution in [3.63, 3.8) is 0 Å². The lowest BCUT2D eigenvalue weighted by molar-refractivity contribution is 0.215. The molecule has 2 nitrogen and oxygen atoms in total. The number of ether oxygens (including phenoxy) is 1. The van der Waals surface area contributed by atoms with Gasteiger partial charge in [-0.25, -0.2) is 0 Å². The maximum Gasteiger partial charge on any atom is 0.114 e. The van der Waals surface area contributed by atoms with Gasteiger partial charge in [0.25, 0.3) is 0 Å². The smallest absolute Gasteiger partial charge is 0.114 e. The van der Waals surface area contributed by atoms with Gasteiger partial charge in [-0.3, -0.25) is 0 Å². The molecule has 3 heteroatoms. The molecular weight excluding hydrogens is 325 g/mol. The molecule has 0 amide bonds. The Hall–Kier alpha value is -0.550. The van der Waals surface area contributed by atoms with E-state index in [4.69, 9.17) is 4.74 Å². The third-order valence-corrected chi connectivity index (χ3v) is 3.47. The van der Waals surface area contributed by atoms with Gasteiger partial charge in [-0.05, 0) is 59.3 Å². The molecule has 1 N–H and O–H groups in total. The zero-order chi connectivity index (χ0) is 12.1. The highest BCUT2D eigenvalue weighted by Gasteiger charge is 2.20. The van der Waals surface area contributed by atoms with Crippen LogP contribution in [0.3, 0.4) is 0 Å². The van der Waals surface area contributed by atoms with Crippen molar-refractivity contribution in [2.24, 2.45) is 0 Å². The van der Waals surface area contributed by atoms with Crippen molar-refractivity contribution in [1.29, 1.82) is 0 Å². The zero-order valence-corrected chi connectivity index (χ0v) is 12.2. The number of halogens is 1. The van der Waals surface area contributed by atoms with Gasteiger partial charge < -0.3 is 10.1 Å². The minimum atomic E-state index is 0.215. The Bertz CT molecular complexity index is 403. The second-order valence-electron chi connectivity index (χ2n) is 4.19. The average molecular weight is 343 g/mol. The highest BCUT2D eigenvalue weighted by Crippen LogP contribution is 2.27. The predicted molar refractivity (Wildman–Crippen MR) is 78.8 cm³/mol. The van der Waals surface area contributed by atoms with Crippen molar-refractivity contribution in [3.05, 3.63) is 45.2 Å². The fraction of sp³-hybridized carbons (Fsp3) is 0.429. The van der Waals surface area contributed by atoms with Crippen LogP contribution in [0.5, 0.6) is 0 Å². The SMILES string of the molecule is CCCNC(C1=CCCO1)c1cccc(I)c1. The molecule has 0 bridgehead atoms. The summed E-state index contributed by atoms with van der Waals surface area (Å²) >= 11 is 2.35. The molecule has 0 spiro atoms. The first kappa shape index (κ1) is 12.9. The summed E-state index contributed by atoms with van der Waals surface area (Å²) in [4.78, 5) is 0. The fourth-order valence-corrected chi connectivity index (χ4v) is 2.56. The van der Waals surface area contributed by atoms with Crippen molar-refractivity contribution >= 4 is 22.6 Å². The molecule has 17 heavy (non-hydrogen) atoms. The van der Waals surface area contributed by atoms with Gasteiger partial charge in [0.2, 0.25) is 0 Å². The molecule has 1 unspecified atom stereocenters. The van der Waals surface area contributed by atoms with E-state index in [2.05, 4.69) is 65.2 Å². The summed E-state index contributed by atoms with van der Waals surface area (Å²) in [6.07, 6.45) is 4.37. The second kappa shape index (κ2) is 6.40. The molecule has 1 atom stereocenters. The summed E-state index contributed by atoms with van der Waals surface area (Å²) in [6, 6.07) is 8.82. The van der Waals surface area contributed by atoms with Crippen LogP contribution in [0.25, 0.3) is 0 Å². The highest BCUT2D eigenvalue weighted by atomic mass is 127. The number of benzene rings is 1. The number of rotatable bonds is 5. The lowest BCUT2D eigenvalue weighted by Gasteiger charge is -2.20. The molecule has 1 aromatic rings. The van der Waals surface area contributed by atoms with Crippen LogP contribution in [0.15, 0.2) is 36.1 Å². The van der Waals surface area contributed by atoms with E-state index in [1.54, 1.807) is 0 Å². The number of nitrogens with one attached hydrogen (secondary N) is 1. The van der Waals surface area contributed by atoms with E-state index in [9.17, 15) is 0 Å². The number of hydrogen-bond donors (Lipinski definition) is 1. The maximum atomic E-state index is 5.70. The van der Waals surface area contributed by atoms with E-state index < -0.39 is 0 Å². The van der Waals surface area contributed by atoms with Gasteiger partial charge >= 0.3 is 0 Å². The molecule has 92 valence electrons. The fourth-order valence-electron chi connectivity index (χ4n) is 2.00. The average Bonchev–Trinajstić information content (AvgIpc) is 2.83. The first-order valence-electron chi connectivity index (χ1n) is 6.13. The largest absolute Gasteiger partial charge is 0.496 e. The Balaban J connectivity index is 2.19. The van der Waals surface area contributed by atoms with Gasteiger partial charge in [-0.2, -0.15) is 0 Å².